The van der Waals surface area contributed by atoms with Crippen LogP contribution in [0.25, 0.3) is 10.9 Å². The number of nitrogens with one attached hydrogen (secondary N) is 1. The van der Waals surface area contributed by atoms with E-state index in [0.29, 0.717) is 0 Å². The van der Waals surface area contributed by atoms with E-state index in [9.17, 15) is 4.79 Å². The first-order valence-corrected chi connectivity index (χ1v) is 9.15. The van der Waals surface area contributed by atoms with Crippen LogP contribution in [0.3, 0.4) is 0 Å². The van der Waals surface area contributed by atoms with Gasteiger partial charge in [-0.3, -0.25) is 19.7 Å². The summed E-state index contributed by atoms with van der Waals surface area (Å²) in [5.41, 5.74) is 2.04. The van der Waals surface area contributed by atoms with E-state index >= 15 is 0 Å². The number of fused-ring (bicyclic) bond motifs is 1. The minimum Gasteiger partial charge on any atom is -0.290 e. The molecule has 1 aliphatic rings. The lowest BCUT2D eigenvalue weighted by atomic mass is 10.2. The van der Waals surface area contributed by atoms with Gasteiger partial charge in [0.25, 0.3) is 0 Å². The maximum atomic E-state index is 12.9. The van der Waals surface area contributed by atoms with Gasteiger partial charge in [0.15, 0.2) is 0 Å². The number of hydrogen-bond donors (Lipinski definition) is 1. The Bertz CT molecular complexity index is 865. The van der Waals surface area contributed by atoms with E-state index in [2.05, 4.69) is 26.2 Å². The van der Waals surface area contributed by atoms with Crippen molar-refractivity contribution >= 4 is 44.5 Å². The van der Waals surface area contributed by atoms with Crippen molar-refractivity contribution in [3.05, 3.63) is 65.0 Å². The zero-order valence-electron chi connectivity index (χ0n) is 12.1. The molecule has 2 atom stereocenters. The number of thioether (sulfide) groups is 1. The van der Waals surface area contributed by atoms with E-state index in [1.54, 1.807) is 22.5 Å². The first kappa shape index (κ1) is 14.9. The topological polar surface area (TPSA) is 46.9 Å². The molecule has 4 nitrogen and oxygen atoms in total. The van der Waals surface area contributed by atoms with Crippen LogP contribution in [0.4, 0.5) is 0 Å². The summed E-state index contributed by atoms with van der Waals surface area (Å²) >= 11 is 5.22. The summed E-state index contributed by atoms with van der Waals surface area (Å²) in [5, 5.41) is 4.60. The third-order valence-electron chi connectivity index (χ3n) is 3.96. The third-order valence-corrected chi connectivity index (χ3v) is 5.72. The molecule has 1 aromatic carbocycles. The van der Waals surface area contributed by atoms with E-state index in [1.807, 2.05) is 48.8 Å². The number of nitrogens with zero attached hydrogens (tertiary/aromatic N) is 2. The number of carbonyl (C=O) groups is 1. The maximum absolute atomic E-state index is 12.9. The molecular weight excluding hydrogens is 374 g/mol. The molecule has 1 saturated heterocycles. The fourth-order valence-electron chi connectivity index (χ4n) is 2.80. The number of benzene rings is 1. The molecule has 1 aliphatic heterocycles. The average molecular weight is 388 g/mol. The Balaban J connectivity index is 1.59. The van der Waals surface area contributed by atoms with Crippen LogP contribution >= 0.6 is 27.7 Å². The number of hydrogen-bond acceptors (Lipinski definition) is 4. The van der Waals surface area contributed by atoms with Crippen molar-refractivity contribution in [2.24, 2.45) is 0 Å². The largest absolute Gasteiger partial charge is 0.290 e. The maximum Gasteiger partial charge on any atom is 0.249 e. The first-order valence-electron chi connectivity index (χ1n) is 7.31. The van der Waals surface area contributed by atoms with Crippen molar-refractivity contribution < 1.29 is 4.79 Å². The molecule has 6 heteroatoms. The minimum absolute atomic E-state index is 0.0805. The SMILES string of the molecule is O=C(C1CSC(c2cccnc2)N1)n1ccc2ccc(Br)cc21. The van der Waals surface area contributed by atoms with Gasteiger partial charge < -0.3 is 0 Å². The van der Waals surface area contributed by atoms with Gasteiger partial charge in [-0.05, 0) is 29.8 Å². The van der Waals surface area contributed by atoms with Crippen LogP contribution in [-0.4, -0.2) is 27.3 Å². The summed E-state index contributed by atoms with van der Waals surface area (Å²) in [6, 6.07) is 11.7. The Morgan fingerprint density at radius 3 is 3.09 bits per heavy atom. The minimum atomic E-state index is -0.195. The monoisotopic (exact) mass is 387 g/mol. The molecule has 2 aromatic heterocycles. The Hall–Kier alpha value is -1.63. The average Bonchev–Trinajstić information content (AvgIpc) is 3.22. The molecule has 1 N–H and O–H groups in total. The smallest absolute Gasteiger partial charge is 0.249 e. The summed E-state index contributed by atoms with van der Waals surface area (Å²) in [6.07, 6.45) is 5.46. The molecule has 0 amide bonds. The number of carbonyl (C=O) groups excluding carboxylic acids is 1. The van der Waals surface area contributed by atoms with Crippen molar-refractivity contribution in [1.82, 2.24) is 14.9 Å². The quantitative estimate of drug-likeness (QED) is 0.725. The lowest BCUT2D eigenvalue weighted by molar-refractivity contribution is 0.0879. The fourth-order valence-corrected chi connectivity index (χ4v) is 4.36. The second-order valence-corrected chi connectivity index (χ2v) is 7.50. The summed E-state index contributed by atoms with van der Waals surface area (Å²) in [7, 11) is 0. The normalized spacial score (nSPS) is 20.9. The van der Waals surface area contributed by atoms with Crippen LogP contribution in [0.1, 0.15) is 15.7 Å². The molecule has 23 heavy (non-hydrogen) atoms. The van der Waals surface area contributed by atoms with E-state index in [0.717, 1.165) is 26.7 Å². The van der Waals surface area contributed by atoms with E-state index < -0.39 is 0 Å². The van der Waals surface area contributed by atoms with Crippen LogP contribution in [0.5, 0.6) is 0 Å². The van der Waals surface area contributed by atoms with Gasteiger partial charge in [0.1, 0.15) is 0 Å². The molecule has 0 aliphatic carbocycles. The highest BCUT2D eigenvalue weighted by Gasteiger charge is 2.31. The molecule has 116 valence electrons. The van der Waals surface area contributed by atoms with Crippen LogP contribution < -0.4 is 5.32 Å². The summed E-state index contributed by atoms with van der Waals surface area (Å²) in [5.74, 6) is 0.837. The van der Waals surface area contributed by atoms with Crippen LogP contribution in [0.15, 0.2) is 59.5 Å². The van der Waals surface area contributed by atoms with Gasteiger partial charge in [-0.15, -0.1) is 11.8 Å². The van der Waals surface area contributed by atoms with Crippen molar-refractivity contribution in [1.29, 1.82) is 0 Å². The number of pyridine rings is 1. The molecule has 3 aromatic rings. The Morgan fingerprint density at radius 1 is 1.35 bits per heavy atom. The van der Waals surface area contributed by atoms with Crippen molar-refractivity contribution in [3.63, 3.8) is 0 Å². The molecule has 0 bridgehead atoms. The van der Waals surface area contributed by atoms with Crippen LogP contribution in [0.2, 0.25) is 0 Å². The standard InChI is InChI=1S/C17H14BrN3OS/c18-13-4-3-11-5-7-21(15(11)8-13)17(22)14-10-23-16(20-14)12-2-1-6-19-9-12/h1-9,14,16,20H,10H2. The predicted molar refractivity (Wildman–Crippen MR) is 96.6 cm³/mol. The lowest BCUT2D eigenvalue weighted by Gasteiger charge is -2.13. The van der Waals surface area contributed by atoms with Gasteiger partial charge in [0.05, 0.1) is 16.9 Å². The first-order chi connectivity index (χ1) is 11.2. The summed E-state index contributed by atoms with van der Waals surface area (Å²) in [4.78, 5) is 17.0. The lowest BCUT2D eigenvalue weighted by Crippen LogP contribution is -2.37. The van der Waals surface area contributed by atoms with Gasteiger partial charge in [0, 0.05) is 34.2 Å². The Labute approximate surface area is 146 Å². The Morgan fingerprint density at radius 2 is 2.26 bits per heavy atom. The summed E-state index contributed by atoms with van der Waals surface area (Å²) in [6.45, 7) is 0. The predicted octanol–water partition coefficient (Wildman–Crippen LogP) is 3.84. The van der Waals surface area contributed by atoms with Gasteiger partial charge in [-0.25, -0.2) is 0 Å². The molecule has 1 fully saturated rings. The highest BCUT2D eigenvalue weighted by atomic mass is 79.9. The molecule has 0 saturated carbocycles. The molecule has 2 unspecified atom stereocenters. The van der Waals surface area contributed by atoms with E-state index in [1.165, 1.54) is 0 Å². The summed E-state index contributed by atoms with van der Waals surface area (Å²) < 4.78 is 2.71. The fraction of sp³-hybridized carbons (Fsp3) is 0.176. The number of rotatable bonds is 2. The van der Waals surface area contributed by atoms with Crippen molar-refractivity contribution in [2.75, 3.05) is 5.75 Å². The molecular formula is C17H14BrN3OS. The number of aromatic nitrogens is 2. The second kappa shape index (κ2) is 6.11. The van der Waals surface area contributed by atoms with E-state index in [4.69, 9.17) is 0 Å². The van der Waals surface area contributed by atoms with Crippen molar-refractivity contribution in [3.8, 4) is 0 Å². The molecule has 0 spiro atoms. The van der Waals surface area contributed by atoms with Crippen molar-refractivity contribution in [2.45, 2.75) is 11.4 Å². The van der Waals surface area contributed by atoms with Crippen LogP contribution in [-0.2, 0) is 0 Å². The van der Waals surface area contributed by atoms with Crippen LogP contribution in [0, 0.1) is 0 Å². The van der Waals surface area contributed by atoms with Gasteiger partial charge >= 0.3 is 0 Å². The molecule has 3 heterocycles. The van der Waals surface area contributed by atoms with Gasteiger partial charge in [-0.1, -0.05) is 28.1 Å². The highest BCUT2D eigenvalue weighted by Crippen LogP contribution is 2.33. The Kier molecular flexibility index (Phi) is 3.97. The number of halogens is 1. The third kappa shape index (κ3) is 2.82. The second-order valence-electron chi connectivity index (χ2n) is 5.45. The highest BCUT2D eigenvalue weighted by molar-refractivity contribution is 9.10. The van der Waals surface area contributed by atoms with E-state index in [-0.39, 0.29) is 17.3 Å². The zero-order valence-corrected chi connectivity index (χ0v) is 14.5. The zero-order chi connectivity index (χ0) is 15.8. The van der Waals surface area contributed by atoms with Gasteiger partial charge in [0.2, 0.25) is 5.91 Å². The van der Waals surface area contributed by atoms with Gasteiger partial charge in [-0.2, -0.15) is 0 Å². The molecule has 0 radical (unpaired) electrons. The molecule has 4 rings (SSSR count).